The van der Waals surface area contributed by atoms with Crippen molar-refractivity contribution in [3.05, 3.63) is 71.3 Å². The largest absolute Gasteiger partial charge is 0.394 e. The zero-order valence-corrected chi connectivity index (χ0v) is 20.1. The van der Waals surface area contributed by atoms with Crippen LogP contribution in [-0.2, 0) is 9.59 Å². The lowest BCUT2D eigenvalue weighted by Gasteiger charge is -2.05. The van der Waals surface area contributed by atoms with Crippen molar-refractivity contribution in [1.29, 1.82) is 0 Å². The number of hydrogen-bond donors (Lipinski definition) is 1. The molecule has 0 saturated heterocycles. The molecule has 1 aliphatic carbocycles. The minimum Gasteiger partial charge on any atom is -0.394 e. The van der Waals surface area contributed by atoms with Crippen molar-refractivity contribution in [1.82, 2.24) is 0 Å². The fourth-order valence-electron chi connectivity index (χ4n) is 2.12. The first-order chi connectivity index (χ1) is 14.0. The number of aliphatic hydroxyl groups excluding tert-OH is 1. The van der Waals surface area contributed by atoms with Crippen LogP contribution in [0, 0.1) is 20.8 Å². The third-order valence-corrected chi connectivity index (χ3v) is 3.57. The first-order valence-electron chi connectivity index (χ1n) is 10.8. The monoisotopic (exact) mass is 414 g/mol. The van der Waals surface area contributed by atoms with Gasteiger partial charge in [-0.2, -0.15) is 0 Å². The average Bonchev–Trinajstić information content (AvgIpc) is 2.66. The minimum atomic E-state index is -0.167. The van der Waals surface area contributed by atoms with Crippen molar-refractivity contribution in [3.8, 4) is 0 Å². The van der Waals surface area contributed by atoms with Crippen molar-refractivity contribution >= 4 is 11.6 Å². The number of hydrogen-bond acceptors (Lipinski definition) is 3. The van der Waals surface area contributed by atoms with E-state index in [0.717, 1.165) is 25.7 Å². The summed E-state index contributed by atoms with van der Waals surface area (Å²) in [6.45, 7) is 12.8. The molecule has 0 spiro atoms. The van der Waals surface area contributed by atoms with Gasteiger partial charge in [-0.3, -0.25) is 4.79 Å². The molecule has 2 aromatic carbocycles. The van der Waals surface area contributed by atoms with Crippen LogP contribution in [0.15, 0.2) is 54.6 Å². The Morgan fingerprint density at radius 1 is 0.733 bits per heavy atom. The molecule has 1 fully saturated rings. The molecule has 3 nitrogen and oxygen atoms in total. The Labute approximate surface area is 184 Å². The first kappa shape index (κ1) is 29.9. The van der Waals surface area contributed by atoms with E-state index in [2.05, 4.69) is 57.2 Å². The lowest BCUT2D eigenvalue weighted by atomic mass is 10.00. The highest BCUT2D eigenvalue weighted by Crippen LogP contribution is 2.12. The fourth-order valence-corrected chi connectivity index (χ4v) is 2.12. The van der Waals surface area contributed by atoms with Crippen molar-refractivity contribution in [2.24, 2.45) is 0 Å². The highest BCUT2D eigenvalue weighted by molar-refractivity contribution is 5.78. The van der Waals surface area contributed by atoms with E-state index in [-0.39, 0.29) is 11.9 Å². The Kier molecular flexibility index (Phi) is 20.0. The number of rotatable bonds is 0. The zero-order chi connectivity index (χ0) is 23.4. The van der Waals surface area contributed by atoms with E-state index in [1.165, 1.54) is 37.0 Å². The van der Waals surface area contributed by atoms with E-state index in [0.29, 0.717) is 5.78 Å². The summed E-state index contributed by atoms with van der Waals surface area (Å²) >= 11 is 0. The molecule has 1 aliphatic rings. The van der Waals surface area contributed by atoms with Crippen molar-refractivity contribution in [2.45, 2.75) is 86.7 Å². The highest BCUT2D eigenvalue weighted by atomic mass is 16.3. The van der Waals surface area contributed by atoms with Crippen molar-refractivity contribution in [2.75, 3.05) is 0 Å². The Morgan fingerprint density at radius 2 is 1.03 bits per heavy atom. The van der Waals surface area contributed by atoms with Crippen LogP contribution < -0.4 is 0 Å². The molecular weight excluding hydrogens is 372 g/mol. The maximum absolute atomic E-state index is 10.5. The third-order valence-electron chi connectivity index (χ3n) is 3.57. The van der Waals surface area contributed by atoms with Gasteiger partial charge in [0.15, 0.2) is 0 Å². The number of benzene rings is 2. The van der Waals surface area contributed by atoms with Gasteiger partial charge >= 0.3 is 0 Å². The lowest BCUT2D eigenvalue weighted by Crippen LogP contribution is -2.02. The predicted octanol–water partition coefficient (Wildman–Crippen LogP) is 6.80. The average molecular weight is 415 g/mol. The van der Waals surface area contributed by atoms with E-state index in [1.807, 2.05) is 18.2 Å². The number of carbonyl (C=O) groups excluding carboxylic acids is 2. The molecule has 0 unspecified atom stereocenters. The van der Waals surface area contributed by atoms with Crippen molar-refractivity contribution in [3.63, 3.8) is 0 Å². The Hall–Kier alpha value is -2.26. The number of ketones is 2. The maximum atomic E-state index is 10.5. The summed E-state index contributed by atoms with van der Waals surface area (Å²) in [6.07, 6.45) is 5.07. The van der Waals surface area contributed by atoms with Crippen LogP contribution in [0.25, 0.3) is 0 Å². The normalized spacial score (nSPS) is 11.8. The summed E-state index contributed by atoms with van der Waals surface area (Å²) in [7, 11) is 0. The molecule has 168 valence electrons. The Balaban J connectivity index is 0. The number of aryl methyl sites for hydroxylation is 3. The summed E-state index contributed by atoms with van der Waals surface area (Å²) in [5.41, 5.74) is 3.98. The van der Waals surface area contributed by atoms with Crippen LogP contribution in [0.3, 0.4) is 0 Å². The molecule has 0 amide bonds. The SMILES string of the molecule is CC(C)=O.CC(C)O.Cc1ccc(C)cc1.Cc1ccccc1.O=C1CCCCC1. The third kappa shape index (κ3) is 28.0. The van der Waals surface area contributed by atoms with Gasteiger partial charge in [-0.1, -0.05) is 77.7 Å². The van der Waals surface area contributed by atoms with Gasteiger partial charge in [0.1, 0.15) is 11.6 Å². The van der Waals surface area contributed by atoms with E-state index in [1.54, 1.807) is 13.8 Å². The fraction of sp³-hybridized carbons (Fsp3) is 0.481. The lowest BCUT2D eigenvalue weighted by molar-refractivity contribution is -0.120. The number of carbonyl (C=O) groups is 2. The van der Waals surface area contributed by atoms with E-state index < -0.39 is 0 Å². The molecule has 0 bridgehead atoms. The molecule has 3 rings (SSSR count). The number of aliphatic hydroxyl groups is 1. The van der Waals surface area contributed by atoms with Crippen LogP contribution in [0.4, 0.5) is 0 Å². The zero-order valence-electron chi connectivity index (χ0n) is 20.1. The Morgan fingerprint density at radius 3 is 1.23 bits per heavy atom. The second-order valence-corrected chi connectivity index (χ2v) is 7.91. The van der Waals surface area contributed by atoms with Crippen molar-refractivity contribution < 1.29 is 14.7 Å². The van der Waals surface area contributed by atoms with E-state index >= 15 is 0 Å². The van der Waals surface area contributed by atoms with Crippen LogP contribution in [0.2, 0.25) is 0 Å². The van der Waals surface area contributed by atoms with Gasteiger partial charge in [0.25, 0.3) is 0 Å². The topological polar surface area (TPSA) is 54.4 Å². The molecule has 3 heteroatoms. The molecule has 0 radical (unpaired) electrons. The summed E-state index contributed by atoms with van der Waals surface area (Å²) in [5.74, 6) is 0.631. The molecule has 30 heavy (non-hydrogen) atoms. The number of Topliss-reactive ketones (excluding diaryl/α,β-unsaturated/α-hetero) is 2. The molecule has 1 saturated carbocycles. The summed E-state index contributed by atoms with van der Waals surface area (Å²) in [4.78, 5) is 19.9. The van der Waals surface area contributed by atoms with Gasteiger partial charge in [0.2, 0.25) is 0 Å². The van der Waals surface area contributed by atoms with Crippen LogP contribution in [0.1, 0.15) is 76.5 Å². The van der Waals surface area contributed by atoms with E-state index in [9.17, 15) is 9.59 Å². The van der Waals surface area contributed by atoms with Gasteiger partial charge in [0, 0.05) is 18.9 Å². The van der Waals surface area contributed by atoms with E-state index in [4.69, 9.17) is 5.11 Å². The first-order valence-corrected chi connectivity index (χ1v) is 10.8. The quantitative estimate of drug-likeness (QED) is 0.516. The molecule has 0 aromatic heterocycles. The van der Waals surface area contributed by atoms with Gasteiger partial charge in [-0.05, 0) is 61.3 Å². The molecule has 0 heterocycles. The van der Waals surface area contributed by atoms with Crippen LogP contribution >= 0.6 is 0 Å². The standard InChI is InChI=1S/C8H10.C7H8.C6H10O.C3H8O.C3H6O/c1-7-3-5-8(2)6-4-7;1-7-5-3-2-4-6-7;7-6-4-2-1-3-5-6;2*1-3(2)4/h3-6H,1-2H3;2-6H,1H3;1-5H2;3-4H,1-2H3;1-2H3. The summed E-state index contributed by atoms with van der Waals surface area (Å²) < 4.78 is 0. The predicted molar refractivity (Wildman–Crippen MR) is 129 cm³/mol. The smallest absolute Gasteiger partial charge is 0.132 e. The van der Waals surface area contributed by atoms with Gasteiger partial charge in [-0.25, -0.2) is 0 Å². The summed E-state index contributed by atoms with van der Waals surface area (Å²) in [6, 6.07) is 18.7. The molecule has 2 aromatic rings. The van der Waals surface area contributed by atoms with Gasteiger partial charge < -0.3 is 9.90 Å². The highest BCUT2D eigenvalue weighted by Gasteiger charge is 2.05. The molecule has 1 N–H and O–H groups in total. The maximum Gasteiger partial charge on any atom is 0.132 e. The molecular formula is C27H42O3. The second kappa shape index (κ2) is 20.0. The van der Waals surface area contributed by atoms with Gasteiger partial charge in [0.05, 0.1) is 0 Å². The Bertz CT molecular complexity index is 623. The molecule has 0 aliphatic heterocycles. The minimum absolute atomic E-state index is 0.167. The summed E-state index contributed by atoms with van der Waals surface area (Å²) in [5, 5.41) is 8.06. The second-order valence-electron chi connectivity index (χ2n) is 7.91. The molecule has 0 atom stereocenters. The van der Waals surface area contributed by atoms with Crippen LogP contribution in [-0.4, -0.2) is 22.8 Å². The van der Waals surface area contributed by atoms with Gasteiger partial charge in [-0.15, -0.1) is 0 Å². The van der Waals surface area contributed by atoms with Crippen LogP contribution in [0.5, 0.6) is 0 Å².